The molecule has 0 aliphatic heterocycles. The minimum atomic E-state index is -0.788. The number of halogens is 1. The zero-order valence-corrected chi connectivity index (χ0v) is 14.3. The molecule has 1 unspecified atom stereocenters. The van der Waals surface area contributed by atoms with E-state index in [0.29, 0.717) is 28.3 Å². The molecule has 0 saturated heterocycles. The number of aromatic nitrogens is 3. The molecule has 1 saturated carbocycles. The molecule has 1 atom stereocenters. The van der Waals surface area contributed by atoms with E-state index >= 15 is 0 Å². The van der Waals surface area contributed by atoms with Crippen molar-refractivity contribution in [1.82, 2.24) is 14.8 Å². The van der Waals surface area contributed by atoms with Crippen LogP contribution in [-0.2, 0) is 0 Å². The standard InChI is InChI=1S/C17H22FN3O2S/c18-13-6-4-5-12(9-13)16-19-20-17(24-11-15(23)10-22)21(16)14-7-2-1-3-8-14/h4-6,9,14-15,22-23H,1-3,7-8,10-11H2. The van der Waals surface area contributed by atoms with Gasteiger partial charge in [-0.05, 0) is 25.0 Å². The Morgan fingerprint density at radius 2 is 2.04 bits per heavy atom. The first-order chi connectivity index (χ1) is 11.7. The molecule has 1 aromatic carbocycles. The van der Waals surface area contributed by atoms with E-state index in [4.69, 9.17) is 5.11 Å². The van der Waals surface area contributed by atoms with Gasteiger partial charge in [0, 0.05) is 17.4 Å². The molecule has 1 fully saturated rings. The van der Waals surface area contributed by atoms with E-state index in [0.717, 1.165) is 25.7 Å². The maximum atomic E-state index is 13.6. The quantitative estimate of drug-likeness (QED) is 0.783. The van der Waals surface area contributed by atoms with Crippen LogP contribution in [0.15, 0.2) is 29.4 Å². The summed E-state index contributed by atoms with van der Waals surface area (Å²) in [5.41, 5.74) is 0.711. The lowest BCUT2D eigenvalue weighted by atomic mass is 9.95. The van der Waals surface area contributed by atoms with Crippen LogP contribution in [0.5, 0.6) is 0 Å². The number of thioether (sulfide) groups is 1. The number of aliphatic hydroxyl groups is 2. The summed E-state index contributed by atoms with van der Waals surface area (Å²) in [7, 11) is 0. The van der Waals surface area contributed by atoms with Crippen LogP contribution in [0.2, 0.25) is 0 Å². The lowest BCUT2D eigenvalue weighted by molar-refractivity contribution is 0.113. The summed E-state index contributed by atoms with van der Waals surface area (Å²) < 4.78 is 15.7. The van der Waals surface area contributed by atoms with Gasteiger partial charge in [-0.25, -0.2) is 4.39 Å². The van der Waals surface area contributed by atoms with E-state index in [1.54, 1.807) is 6.07 Å². The monoisotopic (exact) mass is 351 g/mol. The highest BCUT2D eigenvalue weighted by Crippen LogP contribution is 2.35. The Labute approximate surface area is 144 Å². The maximum Gasteiger partial charge on any atom is 0.191 e. The molecule has 24 heavy (non-hydrogen) atoms. The molecule has 0 spiro atoms. The molecule has 1 heterocycles. The van der Waals surface area contributed by atoms with Crippen LogP contribution in [0.4, 0.5) is 4.39 Å². The van der Waals surface area contributed by atoms with Gasteiger partial charge in [0.2, 0.25) is 0 Å². The van der Waals surface area contributed by atoms with Crippen LogP contribution in [0.25, 0.3) is 11.4 Å². The summed E-state index contributed by atoms with van der Waals surface area (Å²) in [4.78, 5) is 0. The highest BCUT2D eigenvalue weighted by molar-refractivity contribution is 7.99. The summed E-state index contributed by atoms with van der Waals surface area (Å²) >= 11 is 1.38. The molecule has 0 radical (unpaired) electrons. The molecule has 0 bridgehead atoms. The molecular weight excluding hydrogens is 329 g/mol. The maximum absolute atomic E-state index is 13.6. The Kier molecular flexibility index (Phi) is 5.86. The molecule has 130 valence electrons. The number of aliphatic hydroxyl groups excluding tert-OH is 2. The molecule has 0 amide bonds. The zero-order valence-electron chi connectivity index (χ0n) is 13.4. The second-order valence-corrected chi connectivity index (χ2v) is 7.11. The Hall–Kier alpha value is -1.44. The summed E-state index contributed by atoms with van der Waals surface area (Å²) in [6.45, 7) is -0.276. The molecule has 1 aliphatic carbocycles. The van der Waals surface area contributed by atoms with Crippen molar-refractivity contribution >= 4 is 11.8 Å². The highest BCUT2D eigenvalue weighted by Gasteiger charge is 2.24. The van der Waals surface area contributed by atoms with Crippen LogP contribution < -0.4 is 0 Å². The molecule has 3 rings (SSSR count). The molecule has 5 nitrogen and oxygen atoms in total. The summed E-state index contributed by atoms with van der Waals surface area (Å²) in [5, 5.41) is 27.9. The van der Waals surface area contributed by atoms with Gasteiger partial charge < -0.3 is 10.2 Å². The fourth-order valence-corrected chi connectivity index (χ4v) is 4.01. The van der Waals surface area contributed by atoms with Gasteiger partial charge in [-0.2, -0.15) is 0 Å². The summed E-state index contributed by atoms with van der Waals surface area (Å²) in [5.74, 6) is 0.725. The molecule has 1 aliphatic rings. The number of rotatable bonds is 6. The lowest BCUT2D eigenvalue weighted by Crippen LogP contribution is -2.18. The second kappa shape index (κ2) is 8.09. The largest absolute Gasteiger partial charge is 0.394 e. The van der Waals surface area contributed by atoms with E-state index in [-0.39, 0.29) is 12.4 Å². The predicted octanol–water partition coefficient (Wildman–Crippen LogP) is 3.03. The fraction of sp³-hybridized carbons (Fsp3) is 0.529. The van der Waals surface area contributed by atoms with Crippen molar-refractivity contribution in [2.24, 2.45) is 0 Å². The van der Waals surface area contributed by atoms with Gasteiger partial charge in [-0.3, -0.25) is 4.57 Å². The second-order valence-electron chi connectivity index (χ2n) is 6.13. The van der Waals surface area contributed by atoms with Gasteiger partial charge in [0.1, 0.15) is 5.82 Å². The van der Waals surface area contributed by atoms with Gasteiger partial charge in [0.15, 0.2) is 11.0 Å². The van der Waals surface area contributed by atoms with Gasteiger partial charge in [-0.1, -0.05) is 43.2 Å². The van der Waals surface area contributed by atoms with Crippen LogP contribution in [0.1, 0.15) is 38.1 Å². The summed E-state index contributed by atoms with van der Waals surface area (Å²) in [6, 6.07) is 6.69. The van der Waals surface area contributed by atoms with Crippen molar-refractivity contribution in [3.05, 3.63) is 30.1 Å². The van der Waals surface area contributed by atoms with Crippen LogP contribution >= 0.6 is 11.8 Å². The van der Waals surface area contributed by atoms with Crippen molar-refractivity contribution < 1.29 is 14.6 Å². The lowest BCUT2D eigenvalue weighted by Gasteiger charge is -2.25. The van der Waals surface area contributed by atoms with Crippen LogP contribution in [0, 0.1) is 5.82 Å². The van der Waals surface area contributed by atoms with Crippen molar-refractivity contribution in [3.8, 4) is 11.4 Å². The number of benzene rings is 1. The molecule has 2 N–H and O–H groups in total. The number of hydrogen-bond donors (Lipinski definition) is 2. The summed E-state index contributed by atoms with van der Waals surface area (Å²) in [6.07, 6.45) is 4.88. The van der Waals surface area contributed by atoms with Crippen molar-refractivity contribution in [2.45, 2.75) is 49.4 Å². The Morgan fingerprint density at radius 1 is 1.25 bits per heavy atom. The van der Waals surface area contributed by atoms with E-state index in [1.165, 1.54) is 30.3 Å². The Morgan fingerprint density at radius 3 is 2.75 bits per heavy atom. The van der Waals surface area contributed by atoms with E-state index < -0.39 is 6.10 Å². The van der Waals surface area contributed by atoms with Gasteiger partial charge in [-0.15, -0.1) is 10.2 Å². The Bertz CT molecular complexity index is 674. The fourth-order valence-electron chi connectivity index (χ4n) is 3.09. The first-order valence-electron chi connectivity index (χ1n) is 8.31. The van der Waals surface area contributed by atoms with Crippen molar-refractivity contribution in [3.63, 3.8) is 0 Å². The third-order valence-corrected chi connectivity index (χ3v) is 5.39. The number of hydrogen-bond acceptors (Lipinski definition) is 5. The smallest absolute Gasteiger partial charge is 0.191 e. The van der Waals surface area contributed by atoms with Gasteiger partial charge in [0.25, 0.3) is 0 Å². The first-order valence-corrected chi connectivity index (χ1v) is 9.30. The predicted molar refractivity (Wildman–Crippen MR) is 91.4 cm³/mol. The topological polar surface area (TPSA) is 71.2 Å². The zero-order chi connectivity index (χ0) is 16.9. The van der Waals surface area contributed by atoms with Gasteiger partial charge >= 0.3 is 0 Å². The first kappa shape index (κ1) is 17.4. The van der Waals surface area contributed by atoms with E-state index in [2.05, 4.69) is 14.8 Å². The SMILES string of the molecule is OCC(O)CSc1nnc(-c2cccc(F)c2)n1C1CCCCC1. The highest BCUT2D eigenvalue weighted by atomic mass is 32.2. The van der Waals surface area contributed by atoms with Crippen molar-refractivity contribution in [2.75, 3.05) is 12.4 Å². The third-order valence-electron chi connectivity index (χ3n) is 4.30. The molecule has 7 heteroatoms. The van der Waals surface area contributed by atoms with Crippen LogP contribution in [-0.4, -0.2) is 43.4 Å². The molecule has 1 aromatic heterocycles. The third kappa shape index (κ3) is 3.96. The average Bonchev–Trinajstić information content (AvgIpc) is 3.04. The van der Waals surface area contributed by atoms with E-state index in [9.17, 15) is 9.50 Å². The Balaban J connectivity index is 1.94. The van der Waals surface area contributed by atoms with Gasteiger partial charge in [0.05, 0.1) is 12.7 Å². The van der Waals surface area contributed by atoms with Crippen LogP contribution in [0.3, 0.4) is 0 Å². The molecule has 2 aromatic rings. The average molecular weight is 351 g/mol. The minimum absolute atomic E-state index is 0.276. The van der Waals surface area contributed by atoms with E-state index in [1.807, 2.05) is 6.07 Å². The normalized spacial score (nSPS) is 17.1. The van der Waals surface area contributed by atoms with Crippen molar-refractivity contribution in [1.29, 1.82) is 0 Å². The molecular formula is C17H22FN3O2S. The minimum Gasteiger partial charge on any atom is -0.394 e. The number of nitrogens with zero attached hydrogens (tertiary/aromatic N) is 3.